The average molecular weight is 371 g/mol. The first-order valence-electron chi connectivity index (χ1n) is 7.42. The van der Waals surface area contributed by atoms with Gasteiger partial charge in [0.25, 0.3) is 6.47 Å². The summed E-state index contributed by atoms with van der Waals surface area (Å²) in [6, 6.07) is 6.57. The average Bonchev–Trinajstić information content (AvgIpc) is 2.57. The summed E-state index contributed by atoms with van der Waals surface area (Å²) in [5, 5.41) is 0.114. The van der Waals surface area contributed by atoms with Crippen LogP contribution in [0.1, 0.15) is 5.56 Å². The Kier molecular flexibility index (Phi) is 7.09. The number of halogens is 3. The second-order valence-corrected chi connectivity index (χ2v) is 5.72. The molecule has 0 aliphatic heterocycles. The van der Waals surface area contributed by atoms with E-state index in [1.54, 1.807) is 18.5 Å². The lowest BCUT2D eigenvalue weighted by Crippen LogP contribution is -2.22. The van der Waals surface area contributed by atoms with E-state index >= 15 is 0 Å². The van der Waals surface area contributed by atoms with Gasteiger partial charge in [0.2, 0.25) is 0 Å². The van der Waals surface area contributed by atoms with Gasteiger partial charge in [0.05, 0.1) is 5.02 Å². The van der Waals surface area contributed by atoms with E-state index in [1.165, 1.54) is 12.1 Å². The van der Waals surface area contributed by atoms with E-state index in [0.29, 0.717) is 31.7 Å². The Bertz CT molecular complexity index is 716. The van der Waals surface area contributed by atoms with Crippen LogP contribution in [0.3, 0.4) is 0 Å². The number of ether oxygens (including phenoxy) is 2. The van der Waals surface area contributed by atoms with Gasteiger partial charge in [-0.05, 0) is 36.4 Å². The van der Waals surface area contributed by atoms with Crippen molar-refractivity contribution < 1.29 is 23.0 Å². The Labute approximate surface area is 149 Å². The van der Waals surface area contributed by atoms with Crippen molar-refractivity contribution in [1.82, 2.24) is 9.88 Å². The lowest BCUT2D eigenvalue weighted by atomic mass is 10.1. The van der Waals surface area contributed by atoms with E-state index in [0.717, 1.165) is 11.1 Å². The summed E-state index contributed by atoms with van der Waals surface area (Å²) in [5.41, 5.74) is 2.35. The van der Waals surface area contributed by atoms with Crippen molar-refractivity contribution in [3.05, 3.63) is 47.2 Å². The molecule has 5 nitrogen and oxygen atoms in total. The second-order valence-electron chi connectivity index (χ2n) is 5.31. The van der Waals surface area contributed by atoms with Crippen LogP contribution in [0.25, 0.3) is 11.1 Å². The van der Waals surface area contributed by atoms with Crippen LogP contribution in [0.4, 0.5) is 8.78 Å². The summed E-state index contributed by atoms with van der Waals surface area (Å²) in [6.07, 6.45) is 3.35. The van der Waals surface area contributed by atoms with E-state index in [2.05, 4.69) is 14.5 Å². The standard InChI is InChI=1S/C17H17ClF2N2O3/c1-22(4-5-24-11-23)10-12-6-14(9-21-8-12)13-2-3-15(18)16(7-13)25-17(19)20/h2-3,6-9,11,17H,4-5,10H2,1H3. The summed E-state index contributed by atoms with van der Waals surface area (Å²) in [6.45, 7) is -1.05. The Hall–Kier alpha value is -2.25. The third kappa shape index (κ3) is 5.95. The van der Waals surface area contributed by atoms with Crippen molar-refractivity contribution in [2.24, 2.45) is 0 Å². The zero-order valence-electron chi connectivity index (χ0n) is 13.5. The fraction of sp³-hybridized carbons (Fsp3) is 0.294. The quantitative estimate of drug-likeness (QED) is 0.498. The van der Waals surface area contributed by atoms with Crippen LogP contribution in [0, 0.1) is 0 Å². The summed E-state index contributed by atoms with van der Waals surface area (Å²) < 4.78 is 34.0. The number of carbonyl (C=O) groups is 1. The Morgan fingerprint density at radius 2 is 2.08 bits per heavy atom. The summed E-state index contributed by atoms with van der Waals surface area (Å²) in [7, 11) is 1.89. The van der Waals surface area contributed by atoms with Crippen molar-refractivity contribution in [3.8, 4) is 16.9 Å². The van der Waals surface area contributed by atoms with Crippen LogP contribution in [-0.4, -0.2) is 43.2 Å². The fourth-order valence-corrected chi connectivity index (χ4v) is 2.41. The van der Waals surface area contributed by atoms with Gasteiger partial charge in [0, 0.05) is 31.0 Å². The van der Waals surface area contributed by atoms with Gasteiger partial charge in [0.15, 0.2) is 0 Å². The number of carbonyl (C=O) groups excluding carboxylic acids is 1. The molecule has 134 valence electrons. The van der Waals surface area contributed by atoms with Crippen LogP contribution < -0.4 is 4.74 Å². The molecule has 0 aliphatic rings. The van der Waals surface area contributed by atoms with Crippen molar-refractivity contribution >= 4 is 18.1 Å². The molecule has 1 aromatic carbocycles. The van der Waals surface area contributed by atoms with Crippen molar-refractivity contribution in [2.45, 2.75) is 13.2 Å². The van der Waals surface area contributed by atoms with Crippen LogP contribution in [0.2, 0.25) is 5.02 Å². The number of likely N-dealkylation sites (N-methyl/N-ethyl adjacent to an activating group) is 1. The number of benzene rings is 1. The molecule has 0 fully saturated rings. The zero-order chi connectivity index (χ0) is 18.2. The van der Waals surface area contributed by atoms with E-state index in [9.17, 15) is 13.6 Å². The van der Waals surface area contributed by atoms with E-state index in [1.807, 2.05) is 18.0 Å². The van der Waals surface area contributed by atoms with Crippen LogP contribution >= 0.6 is 11.6 Å². The Morgan fingerprint density at radius 1 is 1.28 bits per heavy atom. The predicted octanol–water partition coefficient (Wildman–Crippen LogP) is 3.61. The first-order valence-corrected chi connectivity index (χ1v) is 7.80. The molecular weight excluding hydrogens is 354 g/mol. The highest BCUT2D eigenvalue weighted by molar-refractivity contribution is 6.32. The molecule has 2 rings (SSSR count). The summed E-state index contributed by atoms with van der Waals surface area (Å²) >= 11 is 5.87. The molecule has 0 aliphatic carbocycles. The molecule has 0 N–H and O–H groups in total. The number of hydrogen-bond donors (Lipinski definition) is 0. The maximum absolute atomic E-state index is 12.4. The van der Waals surface area contributed by atoms with Gasteiger partial charge in [0.1, 0.15) is 12.4 Å². The van der Waals surface area contributed by atoms with Crippen LogP contribution in [0.15, 0.2) is 36.7 Å². The van der Waals surface area contributed by atoms with Crippen LogP contribution in [-0.2, 0) is 16.1 Å². The molecule has 0 saturated carbocycles. The SMILES string of the molecule is CN(CCOC=O)Cc1cncc(-c2ccc(Cl)c(OC(F)F)c2)c1. The van der Waals surface area contributed by atoms with Gasteiger partial charge in [-0.2, -0.15) is 8.78 Å². The number of hydrogen-bond acceptors (Lipinski definition) is 5. The monoisotopic (exact) mass is 370 g/mol. The van der Waals surface area contributed by atoms with Gasteiger partial charge in [-0.1, -0.05) is 17.7 Å². The lowest BCUT2D eigenvalue weighted by molar-refractivity contribution is -0.129. The normalized spacial score (nSPS) is 11.0. The molecule has 8 heteroatoms. The van der Waals surface area contributed by atoms with Gasteiger partial charge in [-0.3, -0.25) is 14.7 Å². The van der Waals surface area contributed by atoms with E-state index in [4.69, 9.17) is 11.6 Å². The van der Waals surface area contributed by atoms with Crippen molar-refractivity contribution in [1.29, 1.82) is 0 Å². The number of nitrogens with zero attached hydrogens (tertiary/aromatic N) is 2. The highest BCUT2D eigenvalue weighted by atomic mass is 35.5. The molecule has 2 aromatic rings. The smallest absolute Gasteiger partial charge is 0.387 e. The fourth-order valence-electron chi connectivity index (χ4n) is 2.25. The number of alkyl halides is 2. The van der Waals surface area contributed by atoms with E-state index < -0.39 is 6.61 Å². The highest BCUT2D eigenvalue weighted by Crippen LogP contribution is 2.31. The molecule has 0 radical (unpaired) electrons. The minimum Gasteiger partial charge on any atom is -0.467 e. The lowest BCUT2D eigenvalue weighted by Gasteiger charge is -2.16. The summed E-state index contributed by atoms with van der Waals surface area (Å²) in [5.74, 6) is -0.0808. The number of pyridine rings is 1. The molecule has 0 bridgehead atoms. The van der Waals surface area contributed by atoms with Crippen molar-refractivity contribution in [2.75, 3.05) is 20.2 Å². The molecule has 0 amide bonds. The zero-order valence-corrected chi connectivity index (χ0v) is 14.2. The van der Waals surface area contributed by atoms with Gasteiger partial charge in [-0.15, -0.1) is 0 Å². The summed E-state index contributed by atoms with van der Waals surface area (Å²) in [4.78, 5) is 16.3. The van der Waals surface area contributed by atoms with E-state index in [-0.39, 0.29) is 10.8 Å². The molecule has 0 unspecified atom stereocenters. The molecule has 1 aromatic heterocycles. The maximum atomic E-state index is 12.4. The first-order chi connectivity index (χ1) is 12.0. The minimum atomic E-state index is -2.94. The van der Waals surface area contributed by atoms with Crippen molar-refractivity contribution in [3.63, 3.8) is 0 Å². The Balaban J connectivity index is 2.14. The highest BCUT2D eigenvalue weighted by Gasteiger charge is 2.11. The molecule has 0 saturated heterocycles. The number of rotatable bonds is 9. The first kappa shape index (κ1) is 19.1. The molecule has 25 heavy (non-hydrogen) atoms. The van der Waals surface area contributed by atoms with Gasteiger partial charge in [-0.25, -0.2) is 0 Å². The second kappa shape index (κ2) is 9.29. The number of aromatic nitrogens is 1. The molecule has 0 spiro atoms. The minimum absolute atomic E-state index is 0.0808. The van der Waals surface area contributed by atoms with Gasteiger partial charge < -0.3 is 9.47 Å². The molecule has 1 heterocycles. The van der Waals surface area contributed by atoms with Gasteiger partial charge >= 0.3 is 6.61 Å². The van der Waals surface area contributed by atoms with Crippen LogP contribution in [0.5, 0.6) is 5.75 Å². The third-order valence-electron chi connectivity index (χ3n) is 3.39. The topological polar surface area (TPSA) is 51.7 Å². The Morgan fingerprint density at radius 3 is 2.80 bits per heavy atom. The maximum Gasteiger partial charge on any atom is 0.387 e. The molecule has 0 atom stereocenters. The third-order valence-corrected chi connectivity index (χ3v) is 3.70. The largest absolute Gasteiger partial charge is 0.467 e. The molecular formula is C17H17ClF2N2O3. The predicted molar refractivity (Wildman–Crippen MR) is 89.7 cm³/mol.